The molecule has 1 N–H and O–H groups in total. The van der Waals surface area contributed by atoms with Crippen LogP contribution in [0.2, 0.25) is 0 Å². The Labute approximate surface area is 198 Å². The minimum atomic E-state index is -3.69. The van der Waals surface area contributed by atoms with Crippen LogP contribution in [-0.2, 0) is 19.1 Å². The van der Waals surface area contributed by atoms with Crippen LogP contribution in [0.15, 0.2) is 0 Å². The molecule has 0 saturated heterocycles. The second-order valence-corrected chi connectivity index (χ2v) is 12.1. The Morgan fingerprint density at radius 3 is 1.47 bits per heavy atom. The quantitative estimate of drug-likeness (QED) is 0.108. The van der Waals surface area contributed by atoms with E-state index in [-0.39, 0.29) is 12.2 Å². The third kappa shape index (κ3) is 22.5. The summed E-state index contributed by atoms with van der Waals surface area (Å²) < 4.78 is 30.1. The van der Waals surface area contributed by atoms with Gasteiger partial charge in [-0.3, -0.25) is 8.98 Å². The van der Waals surface area contributed by atoms with Crippen LogP contribution in [0.4, 0.5) is 0 Å². The predicted octanol–water partition coefficient (Wildman–Crippen LogP) is 6.14. The van der Waals surface area contributed by atoms with Gasteiger partial charge in [-0.25, -0.2) is 0 Å². The maximum Gasteiger partial charge on any atom is 0.306 e. The summed E-state index contributed by atoms with van der Waals surface area (Å²) in [6.07, 6.45) is 18.7. The van der Waals surface area contributed by atoms with E-state index in [0.29, 0.717) is 17.4 Å². The van der Waals surface area contributed by atoms with E-state index >= 15 is 0 Å². The highest BCUT2D eigenvalue weighted by Gasteiger charge is 2.27. The number of carboxylic acids is 1. The lowest BCUT2D eigenvalue weighted by Gasteiger charge is -2.28. The van der Waals surface area contributed by atoms with Gasteiger partial charge in [0.25, 0.3) is 10.1 Å². The van der Waals surface area contributed by atoms with Gasteiger partial charge in [0, 0.05) is 0 Å². The fraction of sp³-hybridized carbons (Fsp3) is 0.960. The molecule has 7 heteroatoms. The van der Waals surface area contributed by atoms with Crippen molar-refractivity contribution < 1.29 is 27.0 Å². The Morgan fingerprint density at radius 1 is 0.750 bits per heavy atom. The van der Waals surface area contributed by atoms with Crippen LogP contribution in [-0.4, -0.2) is 63.5 Å². The summed E-state index contributed by atoms with van der Waals surface area (Å²) in [5, 5.41) is 9.02. The molecule has 0 aliphatic heterocycles. The van der Waals surface area contributed by atoms with Gasteiger partial charge in [0.15, 0.2) is 0 Å². The first-order valence-corrected chi connectivity index (χ1v) is 14.6. The molecule has 0 aliphatic rings. The number of hydrogen-bond donors (Lipinski definition) is 1. The molecule has 0 aromatic carbocycles. The third-order valence-electron chi connectivity index (χ3n) is 5.68. The molecular formula is C25H52NO5S+. The van der Waals surface area contributed by atoms with Gasteiger partial charge in [0.05, 0.1) is 33.3 Å². The van der Waals surface area contributed by atoms with E-state index in [1.807, 2.05) is 21.1 Å². The highest BCUT2D eigenvalue weighted by Crippen LogP contribution is 2.15. The lowest BCUT2D eigenvalue weighted by atomic mass is 10.0. The minimum absolute atomic E-state index is 0.0291. The summed E-state index contributed by atoms with van der Waals surface area (Å²) in [7, 11) is 1.98. The maximum atomic E-state index is 12.2. The van der Waals surface area contributed by atoms with E-state index in [0.717, 1.165) is 19.3 Å². The van der Waals surface area contributed by atoms with E-state index in [2.05, 4.69) is 6.92 Å². The van der Waals surface area contributed by atoms with Gasteiger partial charge in [-0.15, -0.1) is 0 Å². The minimum Gasteiger partial charge on any atom is -0.481 e. The molecule has 0 heterocycles. The summed E-state index contributed by atoms with van der Waals surface area (Å²) in [4.78, 5) is 11.0. The van der Waals surface area contributed by atoms with Crippen LogP contribution in [0.25, 0.3) is 0 Å². The average Bonchev–Trinajstić information content (AvgIpc) is 2.65. The molecule has 6 nitrogen and oxygen atoms in total. The van der Waals surface area contributed by atoms with E-state index < -0.39 is 22.2 Å². The van der Waals surface area contributed by atoms with Gasteiger partial charge in [0.1, 0.15) is 12.6 Å². The molecule has 1 atom stereocenters. The Morgan fingerprint density at radius 2 is 1.12 bits per heavy atom. The maximum absolute atomic E-state index is 12.2. The Kier molecular flexibility index (Phi) is 18.3. The smallest absolute Gasteiger partial charge is 0.306 e. The lowest BCUT2D eigenvalue weighted by molar-refractivity contribution is -0.873. The fourth-order valence-electron chi connectivity index (χ4n) is 4.02. The Hall–Kier alpha value is -0.660. The van der Waals surface area contributed by atoms with Crippen molar-refractivity contribution in [3.63, 3.8) is 0 Å². The van der Waals surface area contributed by atoms with Crippen LogP contribution in [0.3, 0.4) is 0 Å². The first kappa shape index (κ1) is 31.3. The predicted molar refractivity (Wildman–Crippen MR) is 133 cm³/mol. The van der Waals surface area contributed by atoms with E-state index in [1.165, 1.54) is 77.0 Å². The Bertz CT molecular complexity index is 557. The number of likely N-dealkylation sites (N-methyl/N-ethyl adjacent to an activating group) is 1. The highest BCUT2D eigenvalue weighted by molar-refractivity contribution is 7.86. The molecule has 0 saturated carbocycles. The summed E-state index contributed by atoms with van der Waals surface area (Å²) in [5.74, 6) is -1.07. The number of nitrogens with zero attached hydrogens (tertiary/aromatic N) is 1. The second kappa shape index (κ2) is 18.7. The van der Waals surface area contributed by atoms with Gasteiger partial charge in [-0.2, -0.15) is 8.42 Å². The number of aliphatic carboxylic acids is 1. The Balaban J connectivity index is 3.70. The average molecular weight is 479 g/mol. The number of quaternary nitrogens is 1. The summed E-state index contributed by atoms with van der Waals surface area (Å²) in [6, 6.07) is 0. The van der Waals surface area contributed by atoms with Crippen molar-refractivity contribution in [2.75, 3.05) is 33.4 Å². The van der Waals surface area contributed by atoms with Crippen molar-refractivity contribution >= 4 is 16.1 Å². The molecule has 0 fully saturated rings. The lowest BCUT2D eigenvalue weighted by Crippen LogP contribution is -2.44. The summed E-state index contributed by atoms with van der Waals surface area (Å²) >= 11 is 0. The van der Waals surface area contributed by atoms with Crippen LogP contribution in [0.5, 0.6) is 0 Å². The monoisotopic (exact) mass is 478 g/mol. The van der Waals surface area contributed by atoms with Crippen molar-refractivity contribution in [2.24, 2.45) is 0 Å². The standard InChI is InChI=1S/C25H51NO5S/c1-5-6-7-8-9-10-11-12-13-14-15-16-17-18-19-20-21-32(29,30)31-24(22-25(27)28)23-26(2,3)4/h24H,5-23H2,1-4H3/p+1/t24-/m1/s1. The van der Waals surface area contributed by atoms with Crippen molar-refractivity contribution in [1.29, 1.82) is 0 Å². The van der Waals surface area contributed by atoms with Gasteiger partial charge in [-0.1, -0.05) is 103 Å². The van der Waals surface area contributed by atoms with Gasteiger partial charge >= 0.3 is 5.97 Å². The van der Waals surface area contributed by atoms with Crippen LogP contribution in [0, 0.1) is 0 Å². The number of rotatable bonds is 23. The molecule has 192 valence electrons. The topological polar surface area (TPSA) is 80.7 Å². The van der Waals surface area contributed by atoms with Crippen LogP contribution in [0.1, 0.15) is 116 Å². The second-order valence-electron chi connectivity index (χ2n) is 10.4. The van der Waals surface area contributed by atoms with E-state index in [1.54, 1.807) is 0 Å². The van der Waals surface area contributed by atoms with Gasteiger partial charge in [0.2, 0.25) is 0 Å². The molecule has 32 heavy (non-hydrogen) atoms. The van der Waals surface area contributed by atoms with Crippen molar-refractivity contribution in [3.8, 4) is 0 Å². The first-order valence-electron chi connectivity index (χ1n) is 13.0. The largest absolute Gasteiger partial charge is 0.481 e. The highest BCUT2D eigenvalue weighted by atomic mass is 32.2. The SMILES string of the molecule is CCCCCCCCCCCCCCCCCCS(=O)(=O)O[C@H](CC(=O)O)C[N+](C)(C)C. The van der Waals surface area contributed by atoms with E-state index in [9.17, 15) is 13.2 Å². The zero-order chi connectivity index (χ0) is 24.3. The normalized spacial score (nSPS) is 13.4. The molecule has 0 aromatic rings. The molecule has 0 rings (SSSR count). The summed E-state index contributed by atoms with van der Waals surface area (Å²) in [5.41, 5.74) is 0. The molecule has 0 amide bonds. The third-order valence-corrected chi connectivity index (χ3v) is 7.04. The van der Waals surface area contributed by atoms with Crippen molar-refractivity contribution in [2.45, 2.75) is 122 Å². The zero-order valence-electron chi connectivity index (χ0n) is 21.4. The molecule has 0 unspecified atom stereocenters. The number of carbonyl (C=O) groups is 1. The van der Waals surface area contributed by atoms with Crippen molar-refractivity contribution in [3.05, 3.63) is 0 Å². The molecule has 0 aromatic heterocycles. The molecule has 0 bridgehead atoms. The molecule has 0 radical (unpaired) electrons. The number of unbranched alkanes of at least 4 members (excludes halogenated alkanes) is 15. The summed E-state index contributed by atoms with van der Waals surface area (Å²) in [6.45, 7) is 2.60. The molecular weight excluding hydrogens is 426 g/mol. The van der Waals surface area contributed by atoms with E-state index in [4.69, 9.17) is 9.29 Å². The molecule has 0 aliphatic carbocycles. The van der Waals surface area contributed by atoms with Crippen LogP contribution >= 0.6 is 0 Å². The van der Waals surface area contributed by atoms with Crippen molar-refractivity contribution in [1.82, 2.24) is 0 Å². The first-order chi connectivity index (χ1) is 15.1. The fourth-order valence-corrected chi connectivity index (χ4v) is 5.21. The zero-order valence-corrected chi connectivity index (χ0v) is 22.3. The van der Waals surface area contributed by atoms with Gasteiger partial charge < -0.3 is 9.59 Å². The van der Waals surface area contributed by atoms with Crippen LogP contribution < -0.4 is 0 Å². The number of carboxylic acid groups (broad SMARTS) is 1. The molecule has 0 spiro atoms. The van der Waals surface area contributed by atoms with Gasteiger partial charge in [-0.05, 0) is 6.42 Å². The number of hydrogen-bond acceptors (Lipinski definition) is 4.